The molecule has 58 valence electrons. The van der Waals surface area contributed by atoms with Gasteiger partial charge in [0.25, 0.3) is 0 Å². The molecule has 0 aliphatic heterocycles. The van der Waals surface area contributed by atoms with Gasteiger partial charge in [-0.25, -0.2) is 0 Å². The minimum atomic E-state index is -0.739. The standard InChI is InChI=1S/C8H8O2S/c9-6-1-2-7-5(8(6)10)3-4-11-7/h1-4,6,8-10H/t6-,8+/m0/s1. The zero-order chi connectivity index (χ0) is 7.84. The highest BCUT2D eigenvalue weighted by molar-refractivity contribution is 7.11. The summed E-state index contributed by atoms with van der Waals surface area (Å²) < 4.78 is 0. The molecule has 0 aromatic carbocycles. The van der Waals surface area contributed by atoms with Crippen molar-refractivity contribution in [2.75, 3.05) is 0 Å². The highest BCUT2D eigenvalue weighted by Gasteiger charge is 2.22. The van der Waals surface area contributed by atoms with Gasteiger partial charge in [-0.15, -0.1) is 11.3 Å². The molecule has 0 bridgehead atoms. The largest absolute Gasteiger partial charge is 0.386 e. The van der Waals surface area contributed by atoms with Crippen LogP contribution < -0.4 is 0 Å². The monoisotopic (exact) mass is 168 g/mol. The molecule has 0 amide bonds. The van der Waals surface area contributed by atoms with Crippen molar-refractivity contribution in [3.05, 3.63) is 28.0 Å². The second-order valence-electron chi connectivity index (χ2n) is 2.53. The molecule has 1 heterocycles. The summed E-state index contributed by atoms with van der Waals surface area (Å²) in [5.74, 6) is 0. The van der Waals surface area contributed by atoms with Gasteiger partial charge in [-0.05, 0) is 17.5 Å². The average Bonchev–Trinajstić information content (AvgIpc) is 2.45. The number of hydrogen-bond acceptors (Lipinski definition) is 3. The molecule has 2 nitrogen and oxygen atoms in total. The van der Waals surface area contributed by atoms with E-state index in [9.17, 15) is 10.2 Å². The van der Waals surface area contributed by atoms with Crippen LogP contribution in [0.25, 0.3) is 6.08 Å². The van der Waals surface area contributed by atoms with Gasteiger partial charge in [-0.2, -0.15) is 0 Å². The zero-order valence-corrected chi connectivity index (χ0v) is 6.58. The summed E-state index contributed by atoms with van der Waals surface area (Å²) in [7, 11) is 0. The highest BCUT2D eigenvalue weighted by atomic mass is 32.1. The SMILES string of the molecule is O[C@@H]1c2ccsc2C=C[C@@H]1O. The maximum atomic E-state index is 9.42. The third-order valence-electron chi connectivity index (χ3n) is 1.81. The van der Waals surface area contributed by atoms with Gasteiger partial charge in [0.1, 0.15) is 12.2 Å². The fourth-order valence-corrected chi connectivity index (χ4v) is 2.03. The second-order valence-corrected chi connectivity index (χ2v) is 3.48. The summed E-state index contributed by atoms with van der Waals surface area (Å²) in [6, 6.07) is 1.84. The van der Waals surface area contributed by atoms with Gasteiger partial charge >= 0.3 is 0 Å². The summed E-state index contributed by atoms with van der Waals surface area (Å²) in [6.07, 6.45) is 1.99. The van der Waals surface area contributed by atoms with Gasteiger partial charge in [0, 0.05) is 10.4 Å². The van der Waals surface area contributed by atoms with E-state index in [1.54, 1.807) is 17.4 Å². The van der Waals surface area contributed by atoms with Crippen LogP contribution in [-0.4, -0.2) is 16.3 Å². The molecule has 0 radical (unpaired) electrons. The van der Waals surface area contributed by atoms with E-state index in [0.29, 0.717) is 0 Å². The van der Waals surface area contributed by atoms with Crippen LogP contribution in [0.3, 0.4) is 0 Å². The van der Waals surface area contributed by atoms with Crippen molar-refractivity contribution >= 4 is 17.4 Å². The Labute approximate surface area is 68.4 Å². The quantitative estimate of drug-likeness (QED) is 0.610. The highest BCUT2D eigenvalue weighted by Crippen LogP contribution is 2.31. The summed E-state index contributed by atoms with van der Waals surface area (Å²) >= 11 is 1.57. The Balaban J connectivity index is 2.48. The molecule has 1 aromatic rings. The summed E-state index contributed by atoms with van der Waals surface area (Å²) in [6.45, 7) is 0. The Morgan fingerprint density at radius 3 is 3.00 bits per heavy atom. The lowest BCUT2D eigenvalue weighted by atomic mass is 10.0. The zero-order valence-electron chi connectivity index (χ0n) is 5.77. The number of aliphatic hydroxyl groups excluding tert-OH is 2. The van der Waals surface area contributed by atoms with E-state index in [2.05, 4.69) is 0 Å². The molecule has 11 heavy (non-hydrogen) atoms. The van der Waals surface area contributed by atoms with Gasteiger partial charge in [0.2, 0.25) is 0 Å². The molecule has 1 aliphatic rings. The third kappa shape index (κ3) is 1.01. The van der Waals surface area contributed by atoms with Crippen LogP contribution >= 0.6 is 11.3 Å². The van der Waals surface area contributed by atoms with E-state index in [4.69, 9.17) is 0 Å². The predicted octanol–water partition coefficient (Wildman–Crippen LogP) is 1.17. The van der Waals surface area contributed by atoms with E-state index in [1.807, 2.05) is 17.5 Å². The smallest absolute Gasteiger partial charge is 0.110 e. The number of aliphatic hydroxyl groups is 2. The molecular weight excluding hydrogens is 160 g/mol. The molecule has 1 aliphatic carbocycles. The van der Waals surface area contributed by atoms with Crippen LogP contribution in [0.2, 0.25) is 0 Å². The maximum absolute atomic E-state index is 9.42. The minimum absolute atomic E-state index is 0.735. The van der Waals surface area contributed by atoms with Gasteiger partial charge in [-0.1, -0.05) is 6.08 Å². The molecule has 2 rings (SSSR count). The number of hydrogen-bond donors (Lipinski definition) is 2. The number of rotatable bonds is 0. The van der Waals surface area contributed by atoms with E-state index in [0.717, 1.165) is 10.4 Å². The molecule has 2 N–H and O–H groups in total. The van der Waals surface area contributed by atoms with Crippen molar-refractivity contribution in [1.82, 2.24) is 0 Å². The second kappa shape index (κ2) is 2.44. The van der Waals surface area contributed by atoms with Gasteiger partial charge in [0.05, 0.1) is 0 Å². The minimum Gasteiger partial charge on any atom is -0.386 e. The summed E-state index contributed by atoms with van der Waals surface area (Å²) in [4.78, 5) is 1.04. The first-order valence-corrected chi connectivity index (χ1v) is 4.29. The maximum Gasteiger partial charge on any atom is 0.110 e. The molecule has 2 atom stereocenters. The Morgan fingerprint density at radius 1 is 1.36 bits per heavy atom. The van der Waals surface area contributed by atoms with Crippen LogP contribution in [0.15, 0.2) is 17.5 Å². The molecule has 0 saturated carbocycles. The first-order valence-electron chi connectivity index (χ1n) is 3.41. The van der Waals surface area contributed by atoms with Crippen molar-refractivity contribution in [2.45, 2.75) is 12.2 Å². The van der Waals surface area contributed by atoms with Gasteiger partial charge in [-0.3, -0.25) is 0 Å². The normalized spacial score (nSPS) is 28.5. The molecular formula is C8H8O2S. The molecule has 0 fully saturated rings. The van der Waals surface area contributed by atoms with Crippen molar-refractivity contribution < 1.29 is 10.2 Å². The van der Waals surface area contributed by atoms with Crippen LogP contribution in [0, 0.1) is 0 Å². The molecule has 0 saturated heterocycles. The van der Waals surface area contributed by atoms with Crippen molar-refractivity contribution in [3.63, 3.8) is 0 Å². The first-order chi connectivity index (χ1) is 5.29. The van der Waals surface area contributed by atoms with E-state index in [1.165, 1.54) is 0 Å². The van der Waals surface area contributed by atoms with Crippen LogP contribution in [0.5, 0.6) is 0 Å². The van der Waals surface area contributed by atoms with E-state index < -0.39 is 12.2 Å². The molecule has 0 unspecified atom stereocenters. The fraction of sp³-hybridized carbons (Fsp3) is 0.250. The van der Waals surface area contributed by atoms with Crippen LogP contribution in [0.4, 0.5) is 0 Å². The third-order valence-corrected chi connectivity index (χ3v) is 2.71. The van der Waals surface area contributed by atoms with Crippen molar-refractivity contribution in [3.8, 4) is 0 Å². The lowest BCUT2D eigenvalue weighted by Gasteiger charge is -2.18. The van der Waals surface area contributed by atoms with Gasteiger partial charge in [0.15, 0.2) is 0 Å². The fourth-order valence-electron chi connectivity index (χ4n) is 1.19. The Hall–Kier alpha value is -0.640. The Bertz CT molecular complexity index is 290. The van der Waals surface area contributed by atoms with Gasteiger partial charge < -0.3 is 10.2 Å². The number of fused-ring (bicyclic) bond motifs is 1. The molecule has 0 spiro atoms. The van der Waals surface area contributed by atoms with Crippen molar-refractivity contribution in [1.29, 1.82) is 0 Å². The van der Waals surface area contributed by atoms with Crippen LogP contribution in [-0.2, 0) is 0 Å². The number of thiophene rings is 1. The summed E-state index contributed by atoms with van der Waals surface area (Å²) in [5.41, 5.74) is 0.838. The lowest BCUT2D eigenvalue weighted by Crippen LogP contribution is -2.17. The lowest BCUT2D eigenvalue weighted by molar-refractivity contribution is 0.0474. The summed E-state index contributed by atoms with van der Waals surface area (Å²) in [5, 5.41) is 20.5. The first kappa shape index (κ1) is 7.03. The van der Waals surface area contributed by atoms with E-state index >= 15 is 0 Å². The topological polar surface area (TPSA) is 40.5 Å². The van der Waals surface area contributed by atoms with E-state index in [-0.39, 0.29) is 0 Å². The average molecular weight is 168 g/mol. The molecule has 3 heteroatoms. The Kier molecular flexibility index (Phi) is 1.56. The van der Waals surface area contributed by atoms with Crippen molar-refractivity contribution in [2.24, 2.45) is 0 Å². The molecule has 1 aromatic heterocycles. The van der Waals surface area contributed by atoms with Crippen LogP contribution in [0.1, 0.15) is 16.5 Å². The predicted molar refractivity (Wildman–Crippen MR) is 44.3 cm³/mol. The Morgan fingerprint density at radius 2 is 2.18 bits per heavy atom.